The third-order valence-corrected chi connectivity index (χ3v) is 2.68. The number of aromatic nitrogens is 2. The zero-order valence-corrected chi connectivity index (χ0v) is 8.20. The number of aromatic amines is 1. The zero-order chi connectivity index (χ0) is 10.3. The fourth-order valence-corrected chi connectivity index (χ4v) is 1.66. The molecular weight excluding hydrogens is 233 g/mol. The normalized spacial score (nSPS) is 11.5. The molecule has 0 aliphatic carbocycles. The highest BCUT2D eigenvalue weighted by atomic mass is 35.5. The molecule has 1 aromatic carbocycles. The van der Waals surface area contributed by atoms with Crippen molar-refractivity contribution in [2.75, 3.05) is 0 Å². The fourth-order valence-electron chi connectivity index (χ4n) is 1.25. The summed E-state index contributed by atoms with van der Waals surface area (Å²) in [6.45, 7) is 0. The van der Waals surface area contributed by atoms with Gasteiger partial charge < -0.3 is 0 Å². The van der Waals surface area contributed by atoms with Crippen LogP contribution in [0.5, 0.6) is 0 Å². The summed E-state index contributed by atoms with van der Waals surface area (Å²) in [4.78, 5) is 0. The van der Waals surface area contributed by atoms with Gasteiger partial charge in [-0.25, -0.2) is 8.78 Å². The SMILES string of the molecule is FC(F)c1cc(Cl)c(Cl)c2[nH]ncc12. The molecule has 0 amide bonds. The van der Waals surface area contributed by atoms with Gasteiger partial charge in [0.15, 0.2) is 0 Å². The minimum absolute atomic E-state index is 0.0960. The molecule has 2 rings (SSSR count). The maximum atomic E-state index is 12.5. The standard InChI is InChI=1S/C8H4Cl2F2N2/c9-5-1-3(8(11)12)4-2-13-14-7(4)6(5)10/h1-2,8H,(H,13,14). The van der Waals surface area contributed by atoms with E-state index < -0.39 is 6.43 Å². The summed E-state index contributed by atoms with van der Waals surface area (Å²) in [5.74, 6) is 0. The van der Waals surface area contributed by atoms with E-state index in [1.165, 1.54) is 6.20 Å². The molecule has 0 aliphatic heterocycles. The molecule has 0 saturated heterocycles. The van der Waals surface area contributed by atoms with Gasteiger partial charge in [-0.05, 0) is 6.07 Å². The highest BCUT2D eigenvalue weighted by Gasteiger charge is 2.17. The molecule has 0 radical (unpaired) electrons. The molecule has 0 fully saturated rings. The number of fused-ring (bicyclic) bond motifs is 1. The molecule has 0 spiro atoms. The quantitative estimate of drug-likeness (QED) is 0.802. The first-order valence-electron chi connectivity index (χ1n) is 3.70. The fraction of sp³-hybridized carbons (Fsp3) is 0.125. The molecule has 0 atom stereocenters. The predicted octanol–water partition coefficient (Wildman–Crippen LogP) is 3.81. The van der Waals surface area contributed by atoms with Crippen molar-refractivity contribution >= 4 is 34.1 Å². The Balaban J connectivity index is 2.84. The summed E-state index contributed by atoms with van der Waals surface area (Å²) in [5.41, 5.74) is 0.178. The number of benzene rings is 1. The van der Waals surface area contributed by atoms with Crippen LogP contribution in [0.25, 0.3) is 10.9 Å². The first-order chi connectivity index (χ1) is 6.61. The lowest BCUT2D eigenvalue weighted by Crippen LogP contribution is -1.86. The number of alkyl halides is 2. The Morgan fingerprint density at radius 2 is 2.07 bits per heavy atom. The minimum Gasteiger partial charge on any atom is -0.276 e. The number of nitrogens with one attached hydrogen (secondary N) is 1. The van der Waals surface area contributed by atoms with Crippen LogP contribution in [0.15, 0.2) is 12.3 Å². The first kappa shape index (κ1) is 9.68. The van der Waals surface area contributed by atoms with Gasteiger partial charge in [-0.1, -0.05) is 23.2 Å². The molecule has 1 heterocycles. The zero-order valence-electron chi connectivity index (χ0n) is 6.69. The van der Waals surface area contributed by atoms with E-state index in [2.05, 4.69) is 10.2 Å². The average molecular weight is 237 g/mol. The Hall–Kier alpha value is -0.870. The number of hydrogen-bond donors (Lipinski definition) is 1. The molecule has 2 aromatic rings. The van der Waals surface area contributed by atoms with Gasteiger partial charge in [0.25, 0.3) is 6.43 Å². The van der Waals surface area contributed by atoms with Crippen LogP contribution in [0, 0.1) is 0 Å². The molecule has 6 heteroatoms. The van der Waals surface area contributed by atoms with Crippen LogP contribution in [0.1, 0.15) is 12.0 Å². The van der Waals surface area contributed by atoms with Gasteiger partial charge in [-0.3, -0.25) is 5.10 Å². The molecule has 14 heavy (non-hydrogen) atoms. The van der Waals surface area contributed by atoms with Crippen LogP contribution in [-0.4, -0.2) is 10.2 Å². The molecule has 1 aromatic heterocycles. The number of H-pyrrole nitrogens is 1. The lowest BCUT2D eigenvalue weighted by Gasteiger charge is -2.04. The van der Waals surface area contributed by atoms with Crippen molar-refractivity contribution in [2.45, 2.75) is 6.43 Å². The van der Waals surface area contributed by atoms with E-state index in [0.29, 0.717) is 10.9 Å². The first-order valence-corrected chi connectivity index (χ1v) is 4.46. The number of halogens is 4. The Labute approximate surface area is 87.8 Å². The van der Waals surface area contributed by atoms with Crippen molar-refractivity contribution in [3.8, 4) is 0 Å². The molecule has 1 N–H and O–H groups in total. The summed E-state index contributed by atoms with van der Waals surface area (Å²) in [6.07, 6.45) is -1.29. The summed E-state index contributed by atoms with van der Waals surface area (Å²) < 4.78 is 25.1. The minimum atomic E-state index is -2.59. The number of hydrogen-bond acceptors (Lipinski definition) is 1. The smallest absolute Gasteiger partial charge is 0.264 e. The summed E-state index contributed by atoms with van der Waals surface area (Å²) in [6, 6.07) is 1.16. The highest BCUT2D eigenvalue weighted by molar-refractivity contribution is 6.45. The van der Waals surface area contributed by atoms with Crippen LogP contribution >= 0.6 is 23.2 Å². The van der Waals surface area contributed by atoms with Gasteiger partial charge in [0, 0.05) is 10.9 Å². The van der Waals surface area contributed by atoms with Crippen LogP contribution in [0.4, 0.5) is 8.78 Å². The Morgan fingerprint density at radius 1 is 1.36 bits per heavy atom. The maximum absolute atomic E-state index is 12.5. The van der Waals surface area contributed by atoms with Crippen molar-refractivity contribution in [2.24, 2.45) is 0 Å². The topological polar surface area (TPSA) is 28.7 Å². The van der Waals surface area contributed by atoms with Crippen molar-refractivity contribution < 1.29 is 8.78 Å². The van der Waals surface area contributed by atoms with E-state index in [1.54, 1.807) is 0 Å². The predicted molar refractivity (Wildman–Crippen MR) is 51.1 cm³/mol. The van der Waals surface area contributed by atoms with Gasteiger partial charge in [-0.2, -0.15) is 5.10 Å². The van der Waals surface area contributed by atoms with Gasteiger partial charge in [0.05, 0.1) is 21.8 Å². The number of rotatable bonds is 1. The lowest BCUT2D eigenvalue weighted by atomic mass is 10.1. The van der Waals surface area contributed by atoms with Crippen LogP contribution in [0.3, 0.4) is 0 Å². The van der Waals surface area contributed by atoms with E-state index in [1.807, 2.05) is 0 Å². The van der Waals surface area contributed by atoms with Gasteiger partial charge >= 0.3 is 0 Å². The van der Waals surface area contributed by atoms with E-state index in [4.69, 9.17) is 23.2 Å². The average Bonchev–Trinajstić information content (AvgIpc) is 2.59. The van der Waals surface area contributed by atoms with Gasteiger partial charge in [-0.15, -0.1) is 0 Å². The van der Waals surface area contributed by atoms with Gasteiger partial charge in [0.1, 0.15) is 0 Å². The third-order valence-electron chi connectivity index (χ3n) is 1.90. The number of nitrogens with zero attached hydrogens (tertiary/aromatic N) is 1. The third kappa shape index (κ3) is 1.35. The maximum Gasteiger partial charge on any atom is 0.264 e. The summed E-state index contributed by atoms with van der Waals surface area (Å²) >= 11 is 11.5. The van der Waals surface area contributed by atoms with Crippen molar-refractivity contribution in [1.29, 1.82) is 0 Å². The Bertz CT molecular complexity index is 481. The summed E-state index contributed by atoms with van der Waals surface area (Å²) in [7, 11) is 0. The monoisotopic (exact) mass is 236 g/mol. The van der Waals surface area contributed by atoms with Gasteiger partial charge in [0.2, 0.25) is 0 Å². The molecule has 0 unspecified atom stereocenters. The van der Waals surface area contributed by atoms with Crippen molar-refractivity contribution in [3.05, 3.63) is 27.9 Å². The van der Waals surface area contributed by atoms with E-state index in [0.717, 1.165) is 6.07 Å². The van der Waals surface area contributed by atoms with Crippen LogP contribution < -0.4 is 0 Å². The lowest BCUT2D eigenvalue weighted by molar-refractivity contribution is 0.153. The summed E-state index contributed by atoms with van der Waals surface area (Å²) in [5, 5.41) is 6.78. The molecule has 0 saturated carbocycles. The van der Waals surface area contributed by atoms with Crippen molar-refractivity contribution in [1.82, 2.24) is 10.2 Å². The van der Waals surface area contributed by atoms with E-state index in [-0.39, 0.29) is 15.6 Å². The molecule has 2 nitrogen and oxygen atoms in total. The second-order valence-corrected chi connectivity index (χ2v) is 3.51. The molecular formula is C8H4Cl2F2N2. The molecule has 74 valence electrons. The van der Waals surface area contributed by atoms with E-state index >= 15 is 0 Å². The Morgan fingerprint density at radius 3 is 2.71 bits per heavy atom. The second kappa shape index (κ2) is 3.37. The Kier molecular flexibility index (Phi) is 2.33. The van der Waals surface area contributed by atoms with Crippen molar-refractivity contribution in [3.63, 3.8) is 0 Å². The van der Waals surface area contributed by atoms with E-state index in [9.17, 15) is 8.78 Å². The van der Waals surface area contributed by atoms with Crippen LogP contribution in [-0.2, 0) is 0 Å². The second-order valence-electron chi connectivity index (χ2n) is 2.72. The highest BCUT2D eigenvalue weighted by Crippen LogP contribution is 2.36. The van der Waals surface area contributed by atoms with Crippen LogP contribution in [0.2, 0.25) is 10.0 Å². The molecule has 0 aliphatic rings. The largest absolute Gasteiger partial charge is 0.276 e. The molecule has 0 bridgehead atoms.